The number of hydrogen-bond acceptors (Lipinski definition) is 5. The molecule has 0 saturated carbocycles. The van der Waals surface area contributed by atoms with Crippen LogP contribution in [0.25, 0.3) is 193 Å². The normalized spacial score (nSPS) is 12.3. The molecule has 0 radical (unpaired) electrons. The molecule has 20 aromatic rings. The number of para-hydroxylation sites is 6. The number of benzene rings is 13. The smallest absolute Gasteiger partial charge is 0.160 e. The van der Waals surface area contributed by atoms with E-state index in [0.717, 1.165) is 166 Å². The summed E-state index contributed by atoms with van der Waals surface area (Å²) in [5, 5.41) is 14.7. The summed E-state index contributed by atoms with van der Waals surface area (Å²) < 4.78 is 26.4. The molecule has 7 heterocycles. The SMILES string of the molecule is c1cc(-c2nc(-c3cccc(-n4c5ccccc5c5c6c(ccc54)oc4ccccc46)c3)c3cc(-c4ccc(-n5c6ccccc6c6c7c(ccc65)oc5ccccc57)cc4)ccc3n2)cc(-n2c3ccccc3c3c4c(ccc32)oc2ccccc24)c1. The molecular formula is C80H45N5O3. The number of rotatable bonds is 6. The fraction of sp³-hybridized carbons (Fsp3) is 0. The highest BCUT2D eigenvalue weighted by molar-refractivity contribution is 6.30. The fourth-order valence-electron chi connectivity index (χ4n) is 14.7. The average Bonchev–Trinajstić information content (AvgIpc) is 1.67. The van der Waals surface area contributed by atoms with E-state index < -0.39 is 0 Å². The van der Waals surface area contributed by atoms with Crippen molar-refractivity contribution in [1.82, 2.24) is 23.7 Å². The Morgan fingerprint density at radius 2 is 0.636 bits per heavy atom. The Bertz CT molecular complexity index is 6380. The molecule has 7 aromatic heterocycles. The van der Waals surface area contributed by atoms with Gasteiger partial charge in [0.25, 0.3) is 0 Å². The minimum absolute atomic E-state index is 0.633. The van der Waals surface area contributed by atoms with Crippen LogP contribution in [0.3, 0.4) is 0 Å². The molecule has 20 rings (SSSR count). The van der Waals surface area contributed by atoms with E-state index in [1.54, 1.807) is 0 Å². The van der Waals surface area contributed by atoms with Crippen LogP contribution in [-0.4, -0.2) is 23.7 Å². The van der Waals surface area contributed by atoms with E-state index in [9.17, 15) is 0 Å². The first-order valence-corrected chi connectivity index (χ1v) is 29.8. The highest BCUT2D eigenvalue weighted by Crippen LogP contribution is 2.46. The molecule has 0 spiro atoms. The van der Waals surface area contributed by atoms with E-state index in [2.05, 4.69) is 262 Å². The molecule has 0 aliphatic rings. The van der Waals surface area contributed by atoms with Gasteiger partial charge in [-0.1, -0.05) is 152 Å². The van der Waals surface area contributed by atoms with E-state index in [1.165, 1.54) is 21.5 Å². The van der Waals surface area contributed by atoms with Gasteiger partial charge in [0.2, 0.25) is 0 Å². The Hall–Kier alpha value is -12.0. The van der Waals surface area contributed by atoms with Crippen molar-refractivity contribution >= 4 is 142 Å². The lowest BCUT2D eigenvalue weighted by atomic mass is 9.99. The van der Waals surface area contributed by atoms with Gasteiger partial charge in [0.05, 0.1) is 44.3 Å². The van der Waals surface area contributed by atoms with Crippen LogP contribution < -0.4 is 0 Å². The van der Waals surface area contributed by atoms with Crippen LogP contribution in [0.1, 0.15) is 0 Å². The largest absolute Gasteiger partial charge is 0.456 e. The van der Waals surface area contributed by atoms with Gasteiger partial charge in [-0.15, -0.1) is 0 Å². The van der Waals surface area contributed by atoms with Crippen LogP contribution in [0.15, 0.2) is 286 Å². The van der Waals surface area contributed by atoms with Crippen LogP contribution >= 0.6 is 0 Å². The van der Waals surface area contributed by atoms with Gasteiger partial charge in [0.15, 0.2) is 5.82 Å². The molecule has 0 atom stereocenters. The summed E-state index contributed by atoms with van der Waals surface area (Å²) in [6, 6.07) is 97.1. The minimum atomic E-state index is 0.633. The van der Waals surface area contributed by atoms with Crippen molar-refractivity contribution in [3.8, 4) is 50.8 Å². The number of fused-ring (bicyclic) bond motifs is 22. The first-order valence-electron chi connectivity index (χ1n) is 29.8. The molecule has 8 nitrogen and oxygen atoms in total. The van der Waals surface area contributed by atoms with Crippen molar-refractivity contribution in [2.24, 2.45) is 0 Å². The molecule has 0 aliphatic heterocycles. The quantitative estimate of drug-likeness (QED) is 0.166. The van der Waals surface area contributed by atoms with Crippen LogP contribution in [0.2, 0.25) is 0 Å². The Morgan fingerprint density at radius 1 is 0.227 bits per heavy atom. The lowest BCUT2D eigenvalue weighted by molar-refractivity contribution is 0.669. The maximum absolute atomic E-state index is 6.47. The van der Waals surface area contributed by atoms with Crippen LogP contribution in [0.5, 0.6) is 0 Å². The zero-order valence-corrected chi connectivity index (χ0v) is 46.9. The molecular weight excluding hydrogens is 1080 g/mol. The van der Waals surface area contributed by atoms with Gasteiger partial charge in [0.1, 0.15) is 33.5 Å². The standard InChI is InChI=1S/C80H45N5O3/c1-7-25-61-53(19-1)73-64(37-40-70-76(73)56-22-4-10-28-67(56)86-70)83(61)50-34-31-46(32-35-50)47-33-36-60-59(45-47)79(48-15-13-17-51(43-48)84-62-26-8-2-20-54(62)74-65(84)38-41-71-77(74)57-23-5-11-29-68(57)87-71)82-80(81-60)49-16-14-18-52(44-49)85-63-27-9-3-21-55(63)75-66(85)39-42-72-78(75)58-24-6-12-30-69(58)88-72/h1-45H. The van der Waals surface area contributed by atoms with Crippen molar-refractivity contribution in [2.75, 3.05) is 0 Å². The number of hydrogen-bond donors (Lipinski definition) is 0. The Labute approximate surface area is 500 Å². The molecule has 13 aromatic carbocycles. The van der Waals surface area contributed by atoms with Crippen LogP contribution in [-0.2, 0) is 0 Å². The molecule has 0 N–H and O–H groups in total. The topological polar surface area (TPSA) is 80.0 Å². The van der Waals surface area contributed by atoms with E-state index in [1.807, 2.05) is 24.3 Å². The predicted molar refractivity (Wildman–Crippen MR) is 361 cm³/mol. The van der Waals surface area contributed by atoms with Gasteiger partial charge in [0, 0.05) is 98.2 Å². The summed E-state index contributed by atoms with van der Waals surface area (Å²) in [7, 11) is 0. The van der Waals surface area contributed by atoms with Crippen molar-refractivity contribution < 1.29 is 13.3 Å². The van der Waals surface area contributed by atoms with Gasteiger partial charge in [-0.2, -0.15) is 0 Å². The van der Waals surface area contributed by atoms with Crippen LogP contribution in [0.4, 0.5) is 0 Å². The lowest BCUT2D eigenvalue weighted by Gasteiger charge is -2.15. The number of nitrogens with zero attached hydrogens (tertiary/aromatic N) is 5. The fourth-order valence-corrected chi connectivity index (χ4v) is 14.7. The molecule has 0 bridgehead atoms. The molecule has 0 amide bonds. The maximum Gasteiger partial charge on any atom is 0.160 e. The first-order chi connectivity index (χ1) is 43.6. The first kappa shape index (κ1) is 47.4. The third-order valence-electron chi connectivity index (χ3n) is 18.4. The summed E-state index contributed by atoms with van der Waals surface area (Å²) in [5.41, 5.74) is 20.8. The third-order valence-corrected chi connectivity index (χ3v) is 18.4. The van der Waals surface area contributed by atoms with Crippen molar-refractivity contribution in [2.45, 2.75) is 0 Å². The molecule has 0 aliphatic carbocycles. The second kappa shape index (κ2) is 17.8. The predicted octanol–water partition coefficient (Wildman–Crippen LogP) is 21.6. The number of furan rings is 3. The van der Waals surface area contributed by atoms with E-state index in [0.29, 0.717) is 5.82 Å². The Morgan fingerprint density at radius 3 is 1.12 bits per heavy atom. The summed E-state index contributed by atoms with van der Waals surface area (Å²) in [6.45, 7) is 0. The molecule has 0 saturated heterocycles. The highest BCUT2D eigenvalue weighted by atomic mass is 16.3. The van der Waals surface area contributed by atoms with Gasteiger partial charge in [-0.05, 0) is 132 Å². The second-order valence-corrected chi connectivity index (χ2v) is 23.1. The third kappa shape index (κ3) is 6.62. The molecule has 0 fully saturated rings. The summed E-state index contributed by atoms with van der Waals surface area (Å²) in [4.78, 5) is 11.2. The van der Waals surface area contributed by atoms with Crippen molar-refractivity contribution in [3.63, 3.8) is 0 Å². The number of aromatic nitrogens is 5. The highest BCUT2D eigenvalue weighted by Gasteiger charge is 2.24. The van der Waals surface area contributed by atoms with Gasteiger partial charge < -0.3 is 27.0 Å². The summed E-state index contributed by atoms with van der Waals surface area (Å²) in [5.74, 6) is 0.633. The molecule has 8 heteroatoms. The summed E-state index contributed by atoms with van der Waals surface area (Å²) >= 11 is 0. The minimum Gasteiger partial charge on any atom is -0.456 e. The van der Waals surface area contributed by atoms with Gasteiger partial charge >= 0.3 is 0 Å². The lowest BCUT2D eigenvalue weighted by Crippen LogP contribution is -1.99. The summed E-state index contributed by atoms with van der Waals surface area (Å²) in [6.07, 6.45) is 0. The van der Waals surface area contributed by atoms with E-state index >= 15 is 0 Å². The van der Waals surface area contributed by atoms with Crippen LogP contribution in [0, 0.1) is 0 Å². The molecule has 88 heavy (non-hydrogen) atoms. The van der Waals surface area contributed by atoms with Gasteiger partial charge in [-0.25, -0.2) is 9.97 Å². The Balaban J connectivity index is 0.768. The average molecular weight is 1120 g/mol. The molecule has 408 valence electrons. The maximum atomic E-state index is 6.47. The second-order valence-electron chi connectivity index (χ2n) is 23.1. The van der Waals surface area contributed by atoms with E-state index in [4.69, 9.17) is 23.2 Å². The zero-order chi connectivity index (χ0) is 57.3. The Kier molecular flexibility index (Phi) is 9.57. The molecule has 0 unspecified atom stereocenters. The van der Waals surface area contributed by atoms with E-state index in [-0.39, 0.29) is 0 Å². The zero-order valence-electron chi connectivity index (χ0n) is 46.9. The van der Waals surface area contributed by atoms with Crippen molar-refractivity contribution in [1.29, 1.82) is 0 Å². The van der Waals surface area contributed by atoms with Gasteiger partial charge in [-0.3, -0.25) is 0 Å². The monoisotopic (exact) mass is 1120 g/mol. The van der Waals surface area contributed by atoms with Crippen molar-refractivity contribution in [3.05, 3.63) is 273 Å².